The van der Waals surface area contributed by atoms with E-state index in [1.54, 1.807) is 19.0 Å². The molecule has 32 heavy (non-hydrogen) atoms. The minimum absolute atomic E-state index is 0.144. The average Bonchev–Trinajstić information content (AvgIpc) is 3.43. The highest BCUT2D eigenvalue weighted by molar-refractivity contribution is 5.93. The second kappa shape index (κ2) is 9.44. The van der Waals surface area contributed by atoms with E-state index >= 15 is 0 Å². The van der Waals surface area contributed by atoms with Gasteiger partial charge in [-0.15, -0.1) is 0 Å². The molecule has 0 saturated carbocycles. The number of oxazole rings is 1. The van der Waals surface area contributed by atoms with Crippen molar-refractivity contribution in [3.8, 4) is 22.6 Å². The van der Waals surface area contributed by atoms with Crippen LogP contribution in [0.15, 0.2) is 76.6 Å². The highest BCUT2D eigenvalue weighted by Crippen LogP contribution is 2.34. The molecular weight excluding hydrogens is 408 g/mol. The molecule has 0 fully saturated rings. The lowest BCUT2D eigenvalue weighted by molar-refractivity contribution is -0.118. The molecule has 9 heteroatoms. The number of likely N-dealkylation sites (N-methyl/N-ethyl adjacent to an activating group) is 1. The van der Waals surface area contributed by atoms with Gasteiger partial charge >= 0.3 is 0 Å². The molecule has 3 aromatic rings. The molecule has 9 nitrogen and oxygen atoms in total. The molecular formula is C23H26N6O3. The summed E-state index contributed by atoms with van der Waals surface area (Å²) in [6.45, 7) is 0.526. The van der Waals surface area contributed by atoms with Crippen LogP contribution < -0.4 is 21.3 Å². The molecule has 5 N–H and O–H groups in total. The summed E-state index contributed by atoms with van der Waals surface area (Å²) in [4.78, 5) is 18.6. The number of β-amino-alcohol motifs (C(OH)–C–C–N with tert-alkyl or cyclic N) is 1. The number of carbonyl (C=O) groups is 1. The summed E-state index contributed by atoms with van der Waals surface area (Å²) < 4.78 is 6.01. The van der Waals surface area contributed by atoms with Crippen LogP contribution in [0.1, 0.15) is 0 Å². The lowest BCUT2D eigenvalue weighted by Gasteiger charge is -2.23. The molecule has 2 heterocycles. The van der Waals surface area contributed by atoms with Crippen LogP contribution in [0.2, 0.25) is 0 Å². The minimum Gasteiger partial charge on any atom is -0.423 e. The maximum absolute atomic E-state index is 12.3. The predicted octanol–water partition coefficient (Wildman–Crippen LogP) is 1.74. The third-order valence-electron chi connectivity index (χ3n) is 5.09. The summed E-state index contributed by atoms with van der Waals surface area (Å²) in [6.07, 6.45) is -1.03. The number of nitrogens with one attached hydrogen (secondary N) is 4. The maximum Gasteiger partial charge on any atom is 0.297 e. The van der Waals surface area contributed by atoms with Crippen molar-refractivity contribution in [2.24, 2.45) is 0 Å². The number of carbonyl (C=O) groups excluding carboxylic acids is 1. The number of aliphatic hydroxyl groups excluding tert-OH is 1. The van der Waals surface area contributed by atoms with Gasteiger partial charge in [-0.05, 0) is 0 Å². The molecule has 1 amide bonds. The number of hydrogen-bond donors (Lipinski definition) is 5. The van der Waals surface area contributed by atoms with Crippen LogP contribution in [0.3, 0.4) is 0 Å². The van der Waals surface area contributed by atoms with Gasteiger partial charge in [0.05, 0.1) is 13.2 Å². The number of rotatable bonds is 8. The Hall–Kier alpha value is -3.98. The van der Waals surface area contributed by atoms with E-state index in [-0.39, 0.29) is 18.5 Å². The van der Waals surface area contributed by atoms with Gasteiger partial charge in [0, 0.05) is 25.2 Å². The molecule has 1 unspecified atom stereocenters. The fraction of sp³-hybridized carbons (Fsp3) is 0.217. The van der Waals surface area contributed by atoms with Crippen molar-refractivity contribution >= 4 is 11.9 Å². The fourth-order valence-corrected chi connectivity index (χ4v) is 3.59. The van der Waals surface area contributed by atoms with E-state index in [1.165, 1.54) is 0 Å². The summed E-state index contributed by atoms with van der Waals surface area (Å²) >= 11 is 0. The van der Waals surface area contributed by atoms with Gasteiger partial charge in [-0.25, -0.2) is 0 Å². The van der Waals surface area contributed by atoms with Crippen LogP contribution >= 0.6 is 0 Å². The average molecular weight is 435 g/mol. The van der Waals surface area contributed by atoms with E-state index in [0.29, 0.717) is 29.6 Å². The molecule has 0 radical (unpaired) electrons. The second-order valence-corrected chi connectivity index (χ2v) is 7.20. The summed E-state index contributed by atoms with van der Waals surface area (Å²) in [6, 6.07) is 19.6. The van der Waals surface area contributed by atoms with Crippen molar-refractivity contribution in [2.75, 3.05) is 32.6 Å². The largest absolute Gasteiger partial charge is 0.423 e. The molecule has 1 aliphatic rings. The van der Waals surface area contributed by atoms with Crippen molar-refractivity contribution in [3.63, 3.8) is 0 Å². The SMILES string of the molecule is CNC(=O)C1=C(NC)NCN1CC(O)Nc1nc(-c2ccccc2)c(-c2ccccc2)o1. The Labute approximate surface area is 186 Å². The minimum atomic E-state index is -1.03. The predicted molar refractivity (Wildman–Crippen MR) is 122 cm³/mol. The Morgan fingerprint density at radius 1 is 1.12 bits per heavy atom. The lowest BCUT2D eigenvalue weighted by Crippen LogP contribution is -2.39. The van der Waals surface area contributed by atoms with Crippen LogP contribution in [0, 0.1) is 0 Å². The zero-order valence-electron chi connectivity index (χ0n) is 17.9. The Bertz CT molecular complexity index is 1040. The molecule has 166 valence electrons. The van der Waals surface area contributed by atoms with Crippen LogP contribution in [0.25, 0.3) is 22.6 Å². The number of nitrogens with zero attached hydrogens (tertiary/aromatic N) is 2. The monoisotopic (exact) mass is 434 g/mol. The summed E-state index contributed by atoms with van der Waals surface area (Å²) in [5.41, 5.74) is 2.90. The summed E-state index contributed by atoms with van der Waals surface area (Å²) in [5, 5.41) is 22.3. The third-order valence-corrected chi connectivity index (χ3v) is 5.09. The topological polar surface area (TPSA) is 115 Å². The van der Waals surface area contributed by atoms with Crippen LogP contribution in [0.4, 0.5) is 6.01 Å². The molecule has 0 spiro atoms. The molecule has 1 aromatic heterocycles. The number of aromatic nitrogens is 1. The standard InChI is InChI=1S/C23H26N6O3/c1-24-21-19(22(31)25-2)29(14-26-21)13-17(30)27-23-28-18(15-9-5-3-6-10-15)20(32-23)16-11-7-4-8-12-16/h3-12,17,24,26,30H,13-14H2,1-2H3,(H,25,31)(H,27,28). The van der Waals surface area contributed by atoms with Gasteiger partial charge < -0.3 is 35.7 Å². The first-order chi connectivity index (χ1) is 15.6. The van der Waals surface area contributed by atoms with E-state index in [1.807, 2.05) is 60.7 Å². The molecule has 0 saturated heterocycles. The molecule has 0 bridgehead atoms. The smallest absolute Gasteiger partial charge is 0.297 e. The van der Waals surface area contributed by atoms with E-state index in [2.05, 4.69) is 26.3 Å². The lowest BCUT2D eigenvalue weighted by atomic mass is 10.1. The van der Waals surface area contributed by atoms with Gasteiger partial charge in [-0.3, -0.25) is 4.79 Å². The molecule has 1 atom stereocenters. The molecule has 1 aliphatic heterocycles. The summed E-state index contributed by atoms with van der Waals surface area (Å²) in [5.74, 6) is 0.962. The number of hydrogen-bond acceptors (Lipinski definition) is 8. The quantitative estimate of drug-likeness (QED) is 0.341. The molecule has 4 rings (SSSR count). The van der Waals surface area contributed by atoms with Crippen LogP contribution in [0.5, 0.6) is 0 Å². The first-order valence-electron chi connectivity index (χ1n) is 10.3. The first-order valence-corrected chi connectivity index (χ1v) is 10.3. The number of aliphatic hydroxyl groups is 1. The Morgan fingerprint density at radius 2 is 1.78 bits per heavy atom. The van der Waals surface area contributed by atoms with Crippen LogP contribution in [-0.2, 0) is 4.79 Å². The van der Waals surface area contributed by atoms with Gasteiger partial charge in [0.1, 0.15) is 23.4 Å². The zero-order valence-corrected chi connectivity index (χ0v) is 17.9. The van der Waals surface area contributed by atoms with E-state index in [4.69, 9.17) is 4.42 Å². The van der Waals surface area contributed by atoms with Gasteiger partial charge in [0.2, 0.25) is 0 Å². The van der Waals surface area contributed by atoms with E-state index in [0.717, 1.165) is 11.1 Å². The van der Waals surface area contributed by atoms with Crippen molar-refractivity contribution < 1.29 is 14.3 Å². The number of amides is 1. The fourth-order valence-electron chi connectivity index (χ4n) is 3.59. The zero-order chi connectivity index (χ0) is 22.5. The third kappa shape index (κ3) is 4.37. The van der Waals surface area contributed by atoms with Crippen molar-refractivity contribution in [1.82, 2.24) is 25.8 Å². The maximum atomic E-state index is 12.3. The van der Waals surface area contributed by atoms with Crippen molar-refractivity contribution in [1.29, 1.82) is 0 Å². The van der Waals surface area contributed by atoms with Gasteiger partial charge in [0.15, 0.2) is 5.76 Å². The van der Waals surface area contributed by atoms with Gasteiger partial charge in [-0.2, -0.15) is 4.98 Å². The van der Waals surface area contributed by atoms with Crippen molar-refractivity contribution in [3.05, 3.63) is 72.2 Å². The first kappa shape index (κ1) is 21.3. The van der Waals surface area contributed by atoms with Gasteiger partial charge in [0.25, 0.3) is 11.9 Å². The molecule has 2 aromatic carbocycles. The Balaban J connectivity index is 1.56. The van der Waals surface area contributed by atoms with Gasteiger partial charge in [-0.1, -0.05) is 60.7 Å². The highest BCUT2D eigenvalue weighted by Gasteiger charge is 2.29. The Morgan fingerprint density at radius 3 is 2.41 bits per heavy atom. The summed E-state index contributed by atoms with van der Waals surface area (Å²) in [7, 11) is 3.29. The number of benzene rings is 2. The Kier molecular flexibility index (Phi) is 6.27. The van der Waals surface area contributed by atoms with Crippen LogP contribution in [-0.4, -0.2) is 54.4 Å². The normalized spacial score (nSPS) is 14.2. The highest BCUT2D eigenvalue weighted by atomic mass is 16.4. The second-order valence-electron chi connectivity index (χ2n) is 7.20. The van der Waals surface area contributed by atoms with Crippen molar-refractivity contribution in [2.45, 2.75) is 6.23 Å². The molecule has 0 aliphatic carbocycles. The number of anilines is 1. The van der Waals surface area contributed by atoms with E-state index in [9.17, 15) is 9.90 Å². The van der Waals surface area contributed by atoms with E-state index < -0.39 is 6.23 Å².